The first kappa shape index (κ1) is 11.3. The fraction of sp³-hybridized carbons (Fsp3) is 0.545. The predicted molar refractivity (Wildman–Crippen MR) is 62.2 cm³/mol. The van der Waals surface area contributed by atoms with Gasteiger partial charge in [0.25, 0.3) is 0 Å². The minimum atomic E-state index is -0.0193. The molecule has 1 fully saturated rings. The Balaban J connectivity index is 1.86. The summed E-state index contributed by atoms with van der Waals surface area (Å²) >= 11 is 5.70. The van der Waals surface area contributed by atoms with Gasteiger partial charge in [-0.25, -0.2) is 9.97 Å². The second-order valence-electron chi connectivity index (χ2n) is 4.11. The number of hydrogen-bond acceptors (Lipinski definition) is 3. The molecule has 0 aliphatic heterocycles. The molecular formula is C11H14ClN3O. The van der Waals surface area contributed by atoms with Crippen LogP contribution in [0.4, 0.5) is 5.95 Å². The zero-order valence-corrected chi connectivity index (χ0v) is 9.70. The SMILES string of the molecule is O=C(CC1CCCC1)Nc1nccc(Cl)n1. The number of amides is 1. The van der Waals surface area contributed by atoms with Crippen LogP contribution in [0, 0.1) is 5.92 Å². The maximum Gasteiger partial charge on any atom is 0.230 e. The highest BCUT2D eigenvalue weighted by atomic mass is 35.5. The van der Waals surface area contributed by atoms with Gasteiger partial charge in [0.15, 0.2) is 0 Å². The van der Waals surface area contributed by atoms with E-state index in [2.05, 4.69) is 15.3 Å². The lowest BCUT2D eigenvalue weighted by molar-refractivity contribution is -0.117. The molecule has 1 saturated carbocycles. The summed E-state index contributed by atoms with van der Waals surface area (Å²) in [6, 6.07) is 1.58. The van der Waals surface area contributed by atoms with Crippen molar-refractivity contribution in [2.24, 2.45) is 5.92 Å². The molecule has 0 radical (unpaired) electrons. The van der Waals surface area contributed by atoms with Crippen molar-refractivity contribution < 1.29 is 4.79 Å². The summed E-state index contributed by atoms with van der Waals surface area (Å²) in [5.41, 5.74) is 0. The second kappa shape index (κ2) is 5.25. The number of aromatic nitrogens is 2. The maximum absolute atomic E-state index is 11.6. The van der Waals surface area contributed by atoms with Crippen LogP contribution in [0.5, 0.6) is 0 Å². The number of nitrogens with one attached hydrogen (secondary N) is 1. The number of halogens is 1. The third-order valence-corrected chi connectivity index (χ3v) is 3.03. The Labute approximate surface area is 99.4 Å². The molecule has 1 amide bonds. The standard InChI is InChI=1S/C11H14ClN3O/c12-9-5-6-13-11(14-9)15-10(16)7-8-3-1-2-4-8/h5-6,8H,1-4,7H2,(H,13,14,15,16). The molecule has 1 heterocycles. The third kappa shape index (κ3) is 3.17. The van der Waals surface area contributed by atoms with Gasteiger partial charge in [-0.15, -0.1) is 0 Å². The molecule has 1 aromatic heterocycles. The fourth-order valence-electron chi connectivity index (χ4n) is 2.05. The van der Waals surface area contributed by atoms with E-state index in [4.69, 9.17) is 11.6 Å². The number of hydrogen-bond donors (Lipinski definition) is 1. The van der Waals surface area contributed by atoms with Gasteiger partial charge in [0, 0.05) is 12.6 Å². The molecule has 0 saturated heterocycles. The van der Waals surface area contributed by atoms with Crippen molar-refractivity contribution in [3.05, 3.63) is 17.4 Å². The minimum absolute atomic E-state index is 0.0193. The van der Waals surface area contributed by atoms with Gasteiger partial charge >= 0.3 is 0 Å². The van der Waals surface area contributed by atoms with Crippen LogP contribution in [0.25, 0.3) is 0 Å². The molecule has 86 valence electrons. The Bertz CT molecular complexity index is 377. The van der Waals surface area contributed by atoms with E-state index >= 15 is 0 Å². The van der Waals surface area contributed by atoms with Crippen LogP contribution in [0.3, 0.4) is 0 Å². The predicted octanol–water partition coefficient (Wildman–Crippen LogP) is 2.65. The normalized spacial score (nSPS) is 16.3. The topological polar surface area (TPSA) is 54.9 Å². The van der Waals surface area contributed by atoms with E-state index in [-0.39, 0.29) is 11.9 Å². The summed E-state index contributed by atoms with van der Waals surface area (Å²) in [4.78, 5) is 19.5. The highest BCUT2D eigenvalue weighted by Gasteiger charge is 2.18. The molecule has 0 atom stereocenters. The van der Waals surface area contributed by atoms with Crippen molar-refractivity contribution in [1.29, 1.82) is 0 Å². The van der Waals surface area contributed by atoms with Gasteiger partial charge < -0.3 is 0 Å². The monoisotopic (exact) mass is 239 g/mol. The van der Waals surface area contributed by atoms with Gasteiger partial charge in [-0.3, -0.25) is 10.1 Å². The van der Waals surface area contributed by atoms with Crippen LogP contribution < -0.4 is 5.32 Å². The molecule has 1 N–H and O–H groups in total. The Morgan fingerprint density at radius 1 is 1.50 bits per heavy atom. The van der Waals surface area contributed by atoms with Crippen LogP contribution in [0.15, 0.2) is 12.3 Å². The molecule has 0 aromatic carbocycles. The highest BCUT2D eigenvalue weighted by molar-refractivity contribution is 6.29. The smallest absolute Gasteiger partial charge is 0.230 e. The number of rotatable bonds is 3. The number of anilines is 1. The molecule has 1 aromatic rings. The molecular weight excluding hydrogens is 226 g/mol. The lowest BCUT2D eigenvalue weighted by Crippen LogP contribution is -2.16. The van der Waals surface area contributed by atoms with E-state index in [9.17, 15) is 4.79 Å². The lowest BCUT2D eigenvalue weighted by atomic mass is 10.0. The van der Waals surface area contributed by atoms with Crippen molar-refractivity contribution in [2.75, 3.05) is 5.32 Å². The average Bonchev–Trinajstić information content (AvgIpc) is 2.70. The Kier molecular flexibility index (Phi) is 3.72. The summed E-state index contributed by atoms with van der Waals surface area (Å²) in [5.74, 6) is 0.795. The van der Waals surface area contributed by atoms with Crippen molar-refractivity contribution in [1.82, 2.24) is 9.97 Å². The first-order valence-electron chi connectivity index (χ1n) is 5.52. The maximum atomic E-state index is 11.6. The van der Waals surface area contributed by atoms with E-state index in [0.29, 0.717) is 17.5 Å². The molecule has 2 rings (SSSR count). The van der Waals surface area contributed by atoms with Crippen molar-refractivity contribution in [2.45, 2.75) is 32.1 Å². The van der Waals surface area contributed by atoms with E-state index in [1.54, 1.807) is 6.07 Å². The van der Waals surface area contributed by atoms with Crippen LogP contribution in [0.1, 0.15) is 32.1 Å². The number of nitrogens with zero attached hydrogens (tertiary/aromatic N) is 2. The minimum Gasteiger partial charge on any atom is -0.294 e. The van der Waals surface area contributed by atoms with E-state index in [0.717, 1.165) is 12.8 Å². The van der Waals surface area contributed by atoms with Crippen molar-refractivity contribution in [3.8, 4) is 0 Å². The Hall–Kier alpha value is -1.16. The Morgan fingerprint density at radius 3 is 2.94 bits per heavy atom. The van der Waals surface area contributed by atoms with E-state index in [1.807, 2.05) is 0 Å². The first-order valence-corrected chi connectivity index (χ1v) is 5.90. The lowest BCUT2D eigenvalue weighted by Gasteiger charge is -2.08. The highest BCUT2D eigenvalue weighted by Crippen LogP contribution is 2.27. The van der Waals surface area contributed by atoms with Gasteiger partial charge in [-0.2, -0.15) is 0 Å². The zero-order valence-electron chi connectivity index (χ0n) is 8.95. The summed E-state index contributed by atoms with van der Waals surface area (Å²) in [6.07, 6.45) is 6.89. The second-order valence-corrected chi connectivity index (χ2v) is 4.49. The summed E-state index contributed by atoms with van der Waals surface area (Å²) in [7, 11) is 0. The van der Waals surface area contributed by atoms with Crippen LogP contribution in [-0.2, 0) is 4.79 Å². The van der Waals surface area contributed by atoms with Gasteiger partial charge in [0.1, 0.15) is 5.15 Å². The molecule has 4 nitrogen and oxygen atoms in total. The third-order valence-electron chi connectivity index (χ3n) is 2.82. The largest absolute Gasteiger partial charge is 0.294 e. The quantitative estimate of drug-likeness (QED) is 0.825. The molecule has 1 aliphatic rings. The van der Waals surface area contributed by atoms with Gasteiger partial charge in [-0.05, 0) is 24.8 Å². The van der Waals surface area contributed by atoms with Crippen LogP contribution >= 0.6 is 11.6 Å². The molecule has 1 aliphatic carbocycles. The number of carbonyl (C=O) groups excluding carboxylic acids is 1. The first-order chi connectivity index (χ1) is 7.74. The molecule has 0 unspecified atom stereocenters. The molecule has 0 bridgehead atoms. The van der Waals surface area contributed by atoms with E-state index in [1.165, 1.54) is 19.0 Å². The zero-order chi connectivity index (χ0) is 11.4. The van der Waals surface area contributed by atoms with Crippen molar-refractivity contribution in [3.63, 3.8) is 0 Å². The summed E-state index contributed by atoms with van der Waals surface area (Å²) in [5, 5.41) is 3.00. The van der Waals surface area contributed by atoms with E-state index < -0.39 is 0 Å². The molecule has 16 heavy (non-hydrogen) atoms. The fourth-order valence-corrected chi connectivity index (χ4v) is 2.19. The molecule has 0 spiro atoms. The Morgan fingerprint density at radius 2 is 2.25 bits per heavy atom. The van der Waals surface area contributed by atoms with Gasteiger partial charge in [0.05, 0.1) is 0 Å². The average molecular weight is 240 g/mol. The van der Waals surface area contributed by atoms with Gasteiger partial charge in [-0.1, -0.05) is 24.4 Å². The summed E-state index contributed by atoms with van der Waals surface area (Å²) in [6.45, 7) is 0. The summed E-state index contributed by atoms with van der Waals surface area (Å²) < 4.78 is 0. The van der Waals surface area contributed by atoms with Crippen LogP contribution in [-0.4, -0.2) is 15.9 Å². The van der Waals surface area contributed by atoms with Gasteiger partial charge in [0.2, 0.25) is 11.9 Å². The van der Waals surface area contributed by atoms with Crippen molar-refractivity contribution >= 4 is 23.5 Å². The number of carbonyl (C=O) groups is 1. The molecule has 5 heteroatoms. The van der Waals surface area contributed by atoms with Crippen LogP contribution in [0.2, 0.25) is 5.15 Å².